The quantitative estimate of drug-likeness (QED) is 0.712. The SMILES string of the molecule is O=C(CCCCCc1cccs1)NC1(C(=O)O)CCSCC1. The van der Waals surface area contributed by atoms with Crippen molar-refractivity contribution in [1.29, 1.82) is 0 Å². The lowest BCUT2D eigenvalue weighted by Crippen LogP contribution is -2.56. The molecule has 6 heteroatoms. The Morgan fingerprint density at radius 1 is 1.23 bits per heavy atom. The Morgan fingerprint density at radius 2 is 2.00 bits per heavy atom. The third kappa shape index (κ3) is 5.02. The average molecular weight is 341 g/mol. The van der Waals surface area contributed by atoms with Gasteiger partial charge in [0.05, 0.1) is 0 Å². The van der Waals surface area contributed by atoms with Crippen molar-refractivity contribution in [3.8, 4) is 0 Å². The highest BCUT2D eigenvalue weighted by molar-refractivity contribution is 7.99. The first kappa shape index (κ1) is 17.3. The maximum Gasteiger partial charge on any atom is 0.329 e. The summed E-state index contributed by atoms with van der Waals surface area (Å²) in [6.45, 7) is 0. The zero-order valence-corrected chi connectivity index (χ0v) is 14.3. The number of carbonyl (C=O) groups is 2. The Hall–Kier alpha value is -1.01. The summed E-state index contributed by atoms with van der Waals surface area (Å²) in [5, 5.41) is 14.3. The van der Waals surface area contributed by atoms with E-state index in [0.29, 0.717) is 19.3 Å². The number of aliphatic carboxylic acids is 1. The zero-order chi connectivity index (χ0) is 15.8. The summed E-state index contributed by atoms with van der Waals surface area (Å²) >= 11 is 3.52. The molecule has 1 aliphatic heterocycles. The van der Waals surface area contributed by atoms with E-state index >= 15 is 0 Å². The number of thiophene rings is 1. The second-order valence-electron chi connectivity index (χ2n) is 5.69. The highest BCUT2D eigenvalue weighted by atomic mass is 32.2. The van der Waals surface area contributed by atoms with E-state index < -0.39 is 11.5 Å². The molecule has 1 aliphatic rings. The van der Waals surface area contributed by atoms with Gasteiger partial charge in [-0.2, -0.15) is 11.8 Å². The van der Waals surface area contributed by atoms with E-state index in [-0.39, 0.29) is 5.91 Å². The van der Waals surface area contributed by atoms with Crippen LogP contribution >= 0.6 is 23.1 Å². The number of amides is 1. The van der Waals surface area contributed by atoms with E-state index in [2.05, 4.69) is 22.8 Å². The maximum absolute atomic E-state index is 12.0. The molecule has 122 valence electrons. The molecular formula is C16H23NO3S2. The summed E-state index contributed by atoms with van der Waals surface area (Å²) in [5.41, 5.74) is -1.03. The number of aryl methyl sites for hydroxylation is 1. The first-order valence-electron chi connectivity index (χ1n) is 7.77. The Bertz CT molecular complexity index is 482. The molecule has 1 fully saturated rings. The number of carbonyl (C=O) groups excluding carboxylic acids is 1. The lowest BCUT2D eigenvalue weighted by molar-refractivity contribution is -0.148. The summed E-state index contributed by atoms with van der Waals surface area (Å²) in [7, 11) is 0. The van der Waals surface area contributed by atoms with Gasteiger partial charge in [-0.1, -0.05) is 12.5 Å². The van der Waals surface area contributed by atoms with Gasteiger partial charge in [-0.05, 0) is 55.1 Å². The molecule has 0 atom stereocenters. The first-order valence-corrected chi connectivity index (χ1v) is 9.80. The van der Waals surface area contributed by atoms with Crippen molar-refractivity contribution in [3.05, 3.63) is 22.4 Å². The second kappa shape index (κ2) is 8.58. The minimum atomic E-state index is -1.03. The van der Waals surface area contributed by atoms with Crippen molar-refractivity contribution in [2.45, 2.75) is 50.5 Å². The maximum atomic E-state index is 12.0. The van der Waals surface area contributed by atoms with Crippen LogP contribution in [-0.4, -0.2) is 34.0 Å². The van der Waals surface area contributed by atoms with Gasteiger partial charge in [-0.15, -0.1) is 11.3 Å². The fourth-order valence-corrected chi connectivity index (χ4v) is 4.60. The summed E-state index contributed by atoms with van der Waals surface area (Å²) in [4.78, 5) is 24.9. The normalized spacial score (nSPS) is 17.1. The third-order valence-electron chi connectivity index (χ3n) is 4.04. The first-order chi connectivity index (χ1) is 10.6. The number of carboxylic acid groups (broad SMARTS) is 1. The molecule has 1 aromatic rings. The molecule has 0 spiro atoms. The van der Waals surface area contributed by atoms with Crippen LogP contribution in [0.4, 0.5) is 0 Å². The van der Waals surface area contributed by atoms with Gasteiger partial charge < -0.3 is 10.4 Å². The molecule has 4 nitrogen and oxygen atoms in total. The van der Waals surface area contributed by atoms with Crippen molar-refractivity contribution < 1.29 is 14.7 Å². The Morgan fingerprint density at radius 3 is 2.64 bits per heavy atom. The Labute approximate surface area is 139 Å². The van der Waals surface area contributed by atoms with Gasteiger partial charge in [0.25, 0.3) is 0 Å². The van der Waals surface area contributed by atoms with Crippen LogP contribution in [0.25, 0.3) is 0 Å². The van der Waals surface area contributed by atoms with Crippen molar-refractivity contribution in [2.24, 2.45) is 0 Å². The molecule has 0 aromatic carbocycles. The van der Waals surface area contributed by atoms with Gasteiger partial charge >= 0.3 is 5.97 Å². The molecule has 1 saturated heterocycles. The van der Waals surface area contributed by atoms with Crippen LogP contribution in [0.5, 0.6) is 0 Å². The number of unbranched alkanes of at least 4 members (excludes halogenated alkanes) is 2. The van der Waals surface area contributed by atoms with Crippen LogP contribution in [0.3, 0.4) is 0 Å². The van der Waals surface area contributed by atoms with Crippen LogP contribution in [0, 0.1) is 0 Å². The number of thioether (sulfide) groups is 1. The number of carboxylic acids is 1. The fourth-order valence-electron chi connectivity index (χ4n) is 2.66. The van der Waals surface area contributed by atoms with E-state index in [1.54, 1.807) is 23.1 Å². The predicted octanol–water partition coefficient (Wildman–Crippen LogP) is 3.32. The fraction of sp³-hybridized carbons (Fsp3) is 0.625. The lowest BCUT2D eigenvalue weighted by atomic mass is 9.92. The number of nitrogens with one attached hydrogen (secondary N) is 1. The molecule has 0 bridgehead atoms. The van der Waals surface area contributed by atoms with Gasteiger partial charge in [-0.3, -0.25) is 4.79 Å². The average Bonchev–Trinajstić information content (AvgIpc) is 3.01. The molecule has 1 aromatic heterocycles. The van der Waals surface area contributed by atoms with Gasteiger partial charge in [0.2, 0.25) is 5.91 Å². The monoisotopic (exact) mass is 341 g/mol. The van der Waals surface area contributed by atoms with Crippen molar-refractivity contribution in [2.75, 3.05) is 11.5 Å². The highest BCUT2D eigenvalue weighted by Crippen LogP contribution is 2.27. The molecule has 22 heavy (non-hydrogen) atoms. The predicted molar refractivity (Wildman–Crippen MR) is 91.6 cm³/mol. The minimum absolute atomic E-state index is 0.120. The molecule has 2 rings (SSSR count). The molecular weight excluding hydrogens is 318 g/mol. The van der Waals surface area contributed by atoms with E-state index in [0.717, 1.165) is 37.2 Å². The number of hydrogen-bond acceptors (Lipinski definition) is 4. The summed E-state index contributed by atoms with van der Waals surface area (Å²) in [6.07, 6.45) is 5.44. The molecule has 0 aliphatic carbocycles. The van der Waals surface area contributed by atoms with Gasteiger partial charge in [0, 0.05) is 11.3 Å². The molecule has 1 amide bonds. The largest absolute Gasteiger partial charge is 0.480 e. The molecule has 2 N–H and O–H groups in total. The van der Waals surface area contributed by atoms with Gasteiger partial charge in [-0.25, -0.2) is 4.79 Å². The summed E-state index contributed by atoms with van der Waals surface area (Å²) in [5.74, 6) is 0.588. The van der Waals surface area contributed by atoms with Crippen molar-refractivity contribution in [1.82, 2.24) is 5.32 Å². The van der Waals surface area contributed by atoms with Crippen LogP contribution in [0.15, 0.2) is 17.5 Å². The van der Waals surface area contributed by atoms with Gasteiger partial charge in [0.15, 0.2) is 0 Å². The van der Waals surface area contributed by atoms with E-state index in [1.165, 1.54) is 4.88 Å². The van der Waals surface area contributed by atoms with Crippen LogP contribution in [0.2, 0.25) is 0 Å². The van der Waals surface area contributed by atoms with E-state index in [4.69, 9.17) is 0 Å². The van der Waals surface area contributed by atoms with Crippen LogP contribution < -0.4 is 5.32 Å². The Balaban J connectivity index is 1.67. The van der Waals surface area contributed by atoms with E-state index in [1.807, 2.05) is 0 Å². The minimum Gasteiger partial charge on any atom is -0.480 e. The standard InChI is InChI=1S/C16H23NO3S2/c18-14(7-3-1-2-5-13-6-4-10-22-13)17-16(15(19)20)8-11-21-12-9-16/h4,6,10H,1-3,5,7-9,11-12H2,(H,17,18)(H,19,20). The van der Waals surface area contributed by atoms with E-state index in [9.17, 15) is 14.7 Å². The topological polar surface area (TPSA) is 66.4 Å². The van der Waals surface area contributed by atoms with Crippen molar-refractivity contribution in [3.63, 3.8) is 0 Å². The smallest absolute Gasteiger partial charge is 0.329 e. The number of rotatable bonds is 8. The van der Waals surface area contributed by atoms with Crippen molar-refractivity contribution >= 4 is 35.0 Å². The highest BCUT2D eigenvalue weighted by Gasteiger charge is 2.40. The summed E-state index contributed by atoms with van der Waals surface area (Å²) < 4.78 is 0. The number of hydrogen-bond donors (Lipinski definition) is 2. The second-order valence-corrected chi connectivity index (χ2v) is 7.94. The van der Waals surface area contributed by atoms with Crippen LogP contribution in [0.1, 0.15) is 43.4 Å². The summed E-state index contributed by atoms with van der Waals surface area (Å²) in [6, 6.07) is 4.19. The zero-order valence-electron chi connectivity index (χ0n) is 12.7. The molecule has 0 saturated carbocycles. The third-order valence-corrected chi connectivity index (χ3v) is 5.96. The molecule has 2 heterocycles. The molecule has 0 unspecified atom stereocenters. The van der Waals surface area contributed by atoms with Gasteiger partial charge in [0.1, 0.15) is 5.54 Å². The molecule has 0 radical (unpaired) electrons. The lowest BCUT2D eigenvalue weighted by Gasteiger charge is -2.33. The Kier molecular flexibility index (Phi) is 6.76. The van der Waals surface area contributed by atoms with Crippen LogP contribution in [-0.2, 0) is 16.0 Å².